The van der Waals surface area contributed by atoms with Crippen LogP contribution in [0.5, 0.6) is 11.5 Å². The van der Waals surface area contributed by atoms with Crippen LogP contribution in [-0.2, 0) is 0 Å². The Labute approximate surface area is 172 Å². The summed E-state index contributed by atoms with van der Waals surface area (Å²) in [4.78, 5) is 25.6. The monoisotopic (exact) mass is 404 g/mol. The first-order chi connectivity index (χ1) is 14.7. The highest BCUT2D eigenvalue weighted by Gasteiger charge is 2.27. The summed E-state index contributed by atoms with van der Waals surface area (Å²) >= 11 is 0. The molecule has 2 aliphatic heterocycles. The van der Waals surface area contributed by atoms with Crippen molar-refractivity contribution in [3.8, 4) is 22.8 Å². The van der Waals surface area contributed by atoms with Gasteiger partial charge in [0.2, 0.25) is 0 Å². The van der Waals surface area contributed by atoms with E-state index < -0.39 is 5.91 Å². The van der Waals surface area contributed by atoms with Crippen molar-refractivity contribution >= 4 is 17.4 Å². The third-order valence-corrected chi connectivity index (χ3v) is 5.10. The molecule has 3 aromatic rings. The van der Waals surface area contributed by atoms with E-state index in [9.17, 15) is 4.79 Å². The average Bonchev–Trinajstić information content (AvgIpc) is 3.20. The summed E-state index contributed by atoms with van der Waals surface area (Å²) in [6, 6.07) is 9.40. The Hall–Kier alpha value is -3.72. The SMILES string of the molecule is Nc1ncc2nc1C(=O)Nc1cnccc1OC[C@@H]1C[C@@H](CN1)Oc1cccc-2c1. The average molecular weight is 404 g/mol. The van der Waals surface area contributed by atoms with Gasteiger partial charge in [-0.3, -0.25) is 9.78 Å². The van der Waals surface area contributed by atoms with E-state index in [4.69, 9.17) is 15.2 Å². The van der Waals surface area contributed by atoms with Crippen LogP contribution >= 0.6 is 0 Å². The quantitative estimate of drug-likeness (QED) is 0.519. The van der Waals surface area contributed by atoms with Gasteiger partial charge in [0.05, 0.1) is 18.1 Å². The molecule has 0 spiro atoms. The summed E-state index contributed by atoms with van der Waals surface area (Å²) in [5, 5.41) is 6.21. The molecule has 1 amide bonds. The van der Waals surface area contributed by atoms with Crippen molar-refractivity contribution in [2.45, 2.75) is 18.6 Å². The lowest BCUT2D eigenvalue weighted by atomic mass is 10.1. The molecule has 5 rings (SSSR count). The summed E-state index contributed by atoms with van der Waals surface area (Å²) in [5.41, 5.74) is 7.72. The normalized spacial score (nSPS) is 20.5. The fourth-order valence-electron chi connectivity index (χ4n) is 3.60. The first-order valence-electron chi connectivity index (χ1n) is 9.67. The van der Waals surface area contributed by atoms with Crippen LogP contribution in [0.4, 0.5) is 11.5 Å². The smallest absolute Gasteiger partial charge is 0.278 e. The minimum Gasteiger partial charge on any atom is -0.490 e. The number of rotatable bonds is 0. The Morgan fingerprint density at radius 3 is 3.07 bits per heavy atom. The summed E-state index contributed by atoms with van der Waals surface area (Å²) in [6.07, 6.45) is 5.52. The number of hydrogen-bond acceptors (Lipinski definition) is 8. The van der Waals surface area contributed by atoms with Gasteiger partial charge in [-0.25, -0.2) is 9.97 Å². The molecular weight excluding hydrogens is 384 g/mol. The Kier molecular flexibility index (Phi) is 4.64. The summed E-state index contributed by atoms with van der Waals surface area (Å²) < 4.78 is 12.1. The summed E-state index contributed by atoms with van der Waals surface area (Å²) in [7, 11) is 0. The third kappa shape index (κ3) is 3.62. The van der Waals surface area contributed by atoms with Crippen molar-refractivity contribution in [2.75, 3.05) is 24.2 Å². The van der Waals surface area contributed by atoms with Gasteiger partial charge in [0.1, 0.15) is 29.9 Å². The number of fused-ring (bicyclic) bond motifs is 8. The minimum atomic E-state index is -0.488. The maximum atomic E-state index is 12.9. The van der Waals surface area contributed by atoms with Gasteiger partial charge in [-0.1, -0.05) is 12.1 Å². The predicted molar refractivity (Wildman–Crippen MR) is 110 cm³/mol. The fourth-order valence-corrected chi connectivity index (χ4v) is 3.60. The van der Waals surface area contributed by atoms with E-state index in [0.717, 1.165) is 24.3 Å². The minimum absolute atomic E-state index is 0.0301. The molecule has 2 atom stereocenters. The van der Waals surface area contributed by atoms with Crippen LogP contribution in [0.1, 0.15) is 16.9 Å². The van der Waals surface area contributed by atoms with Gasteiger partial charge in [-0.05, 0) is 12.1 Å². The van der Waals surface area contributed by atoms with Gasteiger partial charge >= 0.3 is 0 Å². The van der Waals surface area contributed by atoms with Crippen LogP contribution < -0.4 is 25.8 Å². The number of ether oxygens (including phenoxy) is 2. The zero-order chi connectivity index (χ0) is 20.5. The summed E-state index contributed by atoms with van der Waals surface area (Å²) in [6.45, 7) is 1.16. The van der Waals surface area contributed by atoms with E-state index in [-0.39, 0.29) is 23.7 Å². The number of nitrogens with zero attached hydrogens (tertiary/aromatic N) is 3. The number of carbonyl (C=O) groups is 1. The number of nitrogens with two attached hydrogens (primary N) is 1. The topological polar surface area (TPSA) is 124 Å². The van der Waals surface area contributed by atoms with Crippen molar-refractivity contribution in [1.82, 2.24) is 20.3 Å². The molecule has 9 nitrogen and oxygen atoms in total. The lowest BCUT2D eigenvalue weighted by Crippen LogP contribution is -2.28. The van der Waals surface area contributed by atoms with Gasteiger partial charge in [-0.15, -0.1) is 0 Å². The maximum absolute atomic E-state index is 12.9. The van der Waals surface area contributed by atoms with Crippen molar-refractivity contribution in [2.24, 2.45) is 0 Å². The number of carbonyl (C=O) groups excluding carboxylic acids is 1. The molecule has 1 saturated heterocycles. The van der Waals surface area contributed by atoms with Crippen LogP contribution in [0.25, 0.3) is 11.3 Å². The van der Waals surface area contributed by atoms with Gasteiger partial charge in [0.25, 0.3) is 5.91 Å². The summed E-state index contributed by atoms with van der Waals surface area (Å²) in [5.74, 6) is 0.801. The second kappa shape index (κ2) is 7.60. The van der Waals surface area contributed by atoms with E-state index in [1.54, 1.807) is 18.5 Å². The molecule has 0 aliphatic carbocycles. The fraction of sp³-hybridized carbons (Fsp3) is 0.238. The van der Waals surface area contributed by atoms with Crippen LogP contribution in [-0.4, -0.2) is 46.2 Å². The molecule has 1 fully saturated rings. The molecule has 152 valence electrons. The van der Waals surface area contributed by atoms with Crippen molar-refractivity contribution in [3.05, 3.63) is 54.6 Å². The Bertz CT molecular complexity index is 1110. The molecule has 1 aromatic carbocycles. The Balaban J connectivity index is 1.57. The van der Waals surface area contributed by atoms with Gasteiger partial charge < -0.3 is 25.8 Å². The molecule has 30 heavy (non-hydrogen) atoms. The first-order valence-corrected chi connectivity index (χ1v) is 9.67. The number of nitrogens with one attached hydrogen (secondary N) is 2. The van der Waals surface area contributed by atoms with Crippen molar-refractivity contribution in [1.29, 1.82) is 0 Å². The van der Waals surface area contributed by atoms with E-state index in [1.165, 1.54) is 6.20 Å². The van der Waals surface area contributed by atoms with E-state index >= 15 is 0 Å². The third-order valence-electron chi connectivity index (χ3n) is 5.10. The molecule has 4 N–H and O–H groups in total. The first kappa shape index (κ1) is 18.3. The Morgan fingerprint density at radius 1 is 1.20 bits per heavy atom. The standard InChI is InChI=1S/C21H20N6O3/c22-20-19-21(28)27-17-9-23-5-4-18(17)29-11-13-7-15(8-24-13)30-14-3-1-2-12(6-14)16(26-19)10-25-20/h1-6,9-10,13,15,24H,7-8,11H2,(H2,22,25)(H,27,28)/t13-,15-/m0/s1. The molecule has 2 aliphatic rings. The van der Waals surface area contributed by atoms with Gasteiger partial charge in [-0.2, -0.15) is 0 Å². The largest absolute Gasteiger partial charge is 0.490 e. The second-order valence-electron chi connectivity index (χ2n) is 7.23. The molecule has 6 bridgehead atoms. The molecule has 0 saturated carbocycles. The number of anilines is 2. The van der Waals surface area contributed by atoms with Crippen LogP contribution in [0, 0.1) is 0 Å². The number of aromatic nitrogens is 3. The van der Waals surface area contributed by atoms with E-state index in [1.807, 2.05) is 24.3 Å². The van der Waals surface area contributed by atoms with Crippen molar-refractivity contribution < 1.29 is 14.3 Å². The van der Waals surface area contributed by atoms with E-state index in [2.05, 4.69) is 25.6 Å². The molecule has 4 heterocycles. The zero-order valence-electron chi connectivity index (χ0n) is 16.0. The van der Waals surface area contributed by atoms with Crippen molar-refractivity contribution in [3.63, 3.8) is 0 Å². The highest BCUT2D eigenvalue weighted by molar-refractivity contribution is 6.06. The van der Waals surface area contributed by atoms with Crippen LogP contribution in [0.2, 0.25) is 0 Å². The number of pyridine rings is 1. The lowest BCUT2D eigenvalue weighted by molar-refractivity contribution is 0.102. The number of hydrogen-bond donors (Lipinski definition) is 3. The highest BCUT2D eigenvalue weighted by atomic mass is 16.5. The number of benzene rings is 1. The zero-order valence-corrected chi connectivity index (χ0v) is 16.0. The predicted octanol–water partition coefficient (Wildman–Crippen LogP) is 1.87. The van der Waals surface area contributed by atoms with Crippen LogP contribution in [0.3, 0.4) is 0 Å². The van der Waals surface area contributed by atoms with Gasteiger partial charge in [0.15, 0.2) is 11.5 Å². The number of amides is 1. The van der Waals surface area contributed by atoms with Gasteiger partial charge in [0, 0.05) is 36.8 Å². The molecule has 0 radical (unpaired) electrons. The molecule has 0 unspecified atom stereocenters. The number of nitrogen functional groups attached to an aromatic ring is 1. The molecule has 9 heteroatoms. The highest BCUT2D eigenvalue weighted by Crippen LogP contribution is 2.28. The molecular formula is C21H20N6O3. The second-order valence-corrected chi connectivity index (χ2v) is 7.23. The molecule has 2 aromatic heterocycles. The maximum Gasteiger partial charge on any atom is 0.278 e. The van der Waals surface area contributed by atoms with Crippen LogP contribution in [0.15, 0.2) is 48.9 Å². The Morgan fingerprint density at radius 2 is 2.13 bits per heavy atom. The lowest BCUT2D eigenvalue weighted by Gasteiger charge is -2.17. The van der Waals surface area contributed by atoms with E-state index in [0.29, 0.717) is 23.7 Å².